The Morgan fingerprint density at radius 2 is 1.71 bits per heavy atom. The van der Waals surface area contributed by atoms with Crippen LogP contribution in [0.25, 0.3) is 21.8 Å². The first-order valence-electron chi connectivity index (χ1n) is 14.8. The van der Waals surface area contributed by atoms with Crippen molar-refractivity contribution in [1.82, 2.24) is 20.3 Å². The first-order valence-corrected chi connectivity index (χ1v) is 14.8. The van der Waals surface area contributed by atoms with Gasteiger partial charge in [-0.3, -0.25) is 0 Å². The van der Waals surface area contributed by atoms with Crippen LogP contribution in [0.15, 0.2) is 79.0 Å². The zero-order valence-corrected chi connectivity index (χ0v) is 24.1. The molecule has 7 nitrogen and oxygen atoms in total. The zero-order valence-electron chi connectivity index (χ0n) is 24.1. The predicted octanol–water partition coefficient (Wildman–Crippen LogP) is 6.56. The summed E-state index contributed by atoms with van der Waals surface area (Å²) in [5.74, 6) is 3.32. The first-order chi connectivity index (χ1) is 20.1. The van der Waals surface area contributed by atoms with Crippen molar-refractivity contribution in [2.24, 2.45) is 5.92 Å². The molecule has 7 heteroatoms. The fraction of sp³-hybridized carbons (Fsp3) is 0.353. The number of hydrogen-bond donors (Lipinski definition) is 3. The summed E-state index contributed by atoms with van der Waals surface area (Å²) in [7, 11) is 4.07. The standard InChI is InChI=1S/C34H40N6O/c1-40(2)33-29-10-6-7-11-32(29)38-34(39-33)37-27-14-12-24(13-15-27)21-35-19-18-26-22-36-31-17-16-28(20-30(26)31)41-23-25-8-4-3-5-9-25/h3-11,16-17,20,22,24,27,35-36H,12-15,18-19,21,23H2,1-2H3,(H,37,38,39). The summed E-state index contributed by atoms with van der Waals surface area (Å²) in [5, 5.41) is 9.69. The fourth-order valence-corrected chi connectivity index (χ4v) is 5.88. The van der Waals surface area contributed by atoms with E-state index in [-0.39, 0.29) is 0 Å². The van der Waals surface area contributed by atoms with Gasteiger partial charge in [0.25, 0.3) is 0 Å². The van der Waals surface area contributed by atoms with Gasteiger partial charge in [-0.2, -0.15) is 4.98 Å². The number of anilines is 2. The van der Waals surface area contributed by atoms with Crippen LogP contribution in [-0.4, -0.2) is 48.2 Å². The minimum atomic E-state index is 0.423. The maximum atomic E-state index is 6.07. The van der Waals surface area contributed by atoms with Gasteiger partial charge >= 0.3 is 0 Å². The monoisotopic (exact) mass is 548 g/mol. The van der Waals surface area contributed by atoms with Crippen LogP contribution in [0, 0.1) is 5.92 Å². The van der Waals surface area contributed by atoms with Crippen molar-refractivity contribution < 1.29 is 4.74 Å². The van der Waals surface area contributed by atoms with Crippen LogP contribution in [0.3, 0.4) is 0 Å². The smallest absolute Gasteiger partial charge is 0.225 e. The van der Waals surface area contributed by atoms with Gasteiger partial charge in [0.15, 0.2) is 0 Å². The number of H-pyrrole nitrogens is 1. The van der Waals surface area contributed by atoms with E-state index in [2.05, 4.69) is 63.1 Å². The molecule has 0 spiro atoms. The summed E-state index contributed by atoms with van der Waals surface area (Å²) in [6.45, 7) is 2.62. The van der Waals surface area contributed by atoms with Gasteiger partial charge < -0.3 is 25.3 Å². The van der Waals surface area contributed by atoms with Gasteiger partial charge in [0, 0.05) is 42.6 Å². The Bertz CT molecular complexity index is 1570. The van der Waals surface area contributed by atoms with Gasteiger partial charge in [0.05, 0.1) is 5.52 Å². The van der Waals surface area contributed by atoms with Crippen LogP contribution < -0.4 is 20.3 Å². The summed E-state index contributed by atoms with van der Waals surface area (Å²) in [6.07, 6.45) is 7.86. The molecule has 2 aromatic heterocycles. The molecule has 6 rings (SSSR count). The Kier molecular flexibility index (Phi) is 8.33. The van der Waals surface area contributed by atoms with Gasteiger partial charge in [-0.15, -0.1) is 0 Å². The molecule has 0 saturated heterocycles. The van der Waals surface area contributed by atoms with E-state index in [1.807, 2.05) is 50.5 Å². The number of aromatic nitrogens is 3. The molecule has 0 aliphatic heterocycles. The Balaban J connectivity index is 0.961. The average Bonchev–Trinajstić information content (AvgIpc) is 3.41. The number of benzene rings is 3. The molecular formula is C34H40N6O. The van der Waals surface area contributed by atoms with E-state index in [0.29, 0.717) is 18.6 Å². The Hall–Kier alpha value is -4.10. The van der Waals surface area contributed by atoms with E-state index in [4.69, 9.17) is 14.7 Å². The molecule has 3 N–H and O–H groups in total. The highest BCUT2D eigenvalue weighted by atomic mass is 16.5. The summed E-state index contributed by atoms with van der Waals surface area (Å²) in [4.78, 5) is 15.1. The van der Waals surface area contributed by atoms with Gasteiger partial charge in [-0.25, -0.2) is 4.98 Å². The van der Waals surface area contributed by atoms with Crippen molar-refractivity contribution in [3.8, 4) is 5.75 Å². The number of para-hydroxylation sites is 1. The minimum Gasteiger partial charge on any atom is -0.489 e. The molecule has 0 bridgehead atoms. The molecule has 1 saturated carbocycles. The average molecular weight is 549 g/mol. The maximum absolute atomic E-state index is 6.07. The number of fused-ring (bicyclic) bond motifs is 2. The van der Waals surface area contributed by atoms with E-state index >= 15 is 0 Å². The van der Waals surface area contributed by atoms with Gasteiger partial charge in [0.1, 0.15) is 18.2 Å². The summed E-state index contributed by atoms with van der Waals surface area (Å²) >= 11 is 0. The molecule has 2 heterocycles. The van der Waals surface area contributed by atoms with Crippen LogP contribution in [0.4, 0.5) is 11.8 Å². The second kappa shape index (κ2) is 12.6. The van der Waals surface area contributed by atoms with Crippen molar-refractivity contribution in [2.75, 3.05) is 37.4 Å². The lowest BCUT2D eigenvalue weighted by molar-refractivity contribution is 0.306. The molecule has 212 valence electrons. The van der Waals surface area contributed by atoms with Crippen molar-refractivity contribution in [1.29, 1.82) is 0 Å². The lowest BCUT2D eigenvalue weighted by Gasteiger charge is -2.29. The summed E-state index contributed by atoms with van der Waals surface area (Å²) in [5.41, 5.74) is 4.65. The van der Waals surface area contributed by atoms with E-state index < -0.39 is 0 Å². The van der Waals surface area contributed by atoms with Crippen LogP contribution in [0.1, 0.15) is 36.8 Å². The molecule has 0 unspecified atom stereocenters. The number of nitrogens with zero attached hydrogens (tertiary/aromatic N) is 3. The Labute approximate surface area is 242 Å². The highest BCUT2D eigenvalue weighted by molar-refractivity contribution is 5.90. The highest BCUT2D eigenvalue weighted by Crippen LogP contribution is 2.29. The van der Waals surface area contributed by atoms with Gasteiger partial charge in [-0.05, 0) is 92.6 Å². The second-order valence-corrected chi connectivity index (χ2v) is 11.4. The van der Waals surface area contributed by atoms with Crippen molar-refractivity contribution in [3.05, 3.63) is 90.1 Å². The molecule has 0 radical (unpaired) electrons. The molecule has 3 aromatic carbocycles. The molecule has 0 atom stereocenters. The number of aromatic amines is 1. The fourth-order valence-electron chi connectivity index (χ4n) is 5.88. The van der Waals surface area contributed by atoms with Crippen LogP contribution >= 0.6 is 0 Å². The molecule has 1 aliphatic carbocycles. The first kappa shape index (κ1) is 27.1. The number of nitrogens with one attached hydrogen (secondary N) is 3. The lowest BCUT2D eigenvalue weighted by Crippen LogP contribution is -2.32. The largest absolute Gasteiger partial charge is 0.489 e. The molecule has 0 amide bonds. The van der Waals surface area contributed by atoms with Gasteiger partial charge in [-0.1, -0.05) is 42.5 Å². The van der Waals surface area contributed by atoms with E-state index in [0.717, 1.165) is 66.3 Å². The van der Waals surface area contributed by atoms with Gasteiger partial charge in [0.2, 0.25) is 5.95 Å². The van der Waals surface area contributed by atoms with Crippen molar-refractivity contribution in [3.63, 3.8) is 0 Å². The predicted molar refractivity (Wildman–Crippen MR) is 169 cm³/mol. The van der Waals surface area contributed by atoms with Crippen LogP contribution in [-0.2, 0) is 13.0 Å². The summed E-state index contributed by atoms with van der Waals surface area (Å²) in [6, 6.07) is 25.3. The quantitative estimate of drug-likeness (QED) is 0.162. The second-order valence-electron chi connectivity index (χ2n) is 11.4. The number of ether oxygens (including phenoxy) is 1. The Morgan fingerprint density at radius 1 is 0.902 bits per heavy atom. The molecule has 41 heavy (non-hydrogen) atoms. The van der Waals surface area contributed by atoms with Crippen LogP contribution in [0.5, 0.6) is 5.75 Å². The zero-order chi connectivity index (χ0) is 28.0. The van der Waals surface area contributed by atoms with Crippen molar-refractivity contribution in [2.45, 2.75) is 44.8 Å². The molecule has 1 aliphatic rings. The lowest BCUT2D eigenvalue weighted by atomic mass is 9.86. The summed E-state index contributed by atoms with van der Waals surface area (Å²) < 4.78 is 6.07. The normalized spacial score (nSPS) is 17.1. The number of hydrogen-bond acceptors (Lipinski definition) is 6. The topological polar surface area (TPSA) is 78.1 Å². The third kappa shape index (κ3) is 6.63. The third-order valence-electron chi connectivity index (χ3n) is 8.18. The molecular weight excluding hydrogens is 508 g/mol. The van der Waals surface area contributed by atoms with Crippen LogP contribution in [0.2, 0.25) is 0 Å². The Morgan fingerprint density at radius 3 is 2.54 bits per heavy atom. The third-order valence-corrected chi connectivity index (χ3v) is 8.18. The van der Waals surface area contributed by atoms with E-state index in [9.17, 15) is 0 Å². The molecule has 1 fully saturated rings. The number of rotatable bonds is 11. The SMILES string of the molecule is CN(C)c1nc(NC2CCC(CNCCc3c[nH]c4ccc(OCc5ccccc5)cc34)CC2)nc2ccccc12. The maximum Gasteiger partial charge on any atom is 0.225 e. The highest BCUT2D eigenvalue weighted by Gasteiger charge is 2.22. The van der Waals surface area contributed by atoms with Crippen molar-refractivity contribution >= 4 is 33.6 Å². The minimum absolute atomic E-state index is 0.423. The van der Waals surface area contributed by atoms with E-state index in [1.165, 1.54) is 29.4 Å². The molecule has 5 aromatic rings. The van der Waals surface area contributed by atoms with E-state index in [1.54, 1.807) is 0 Å².